The molecule has 0 amide bonds. The molecule has 0 aromatic rings. The van der Waals surface area contributed by atoms with Gasteiger partial charge in [0.25, 0.3) is 0 Å². The highest BCUT2D eigenvalue weighted by molar-refractivity contribution is 5.08. The highest BCUT2D eigenvalue weighted by atomic mass is 15.1. The van der Waals surface area contributed by atoms with Gasteiger partial charge in [0.1, 0.15) is 0 Å². The molecule has 138 valence electrons. The van der Waals surface area contributed by atoms with E-state index in [9.17, 15) is 0 Å². The fourth-order valence-corrected chi connectivity index (χ4v) is 4.84. The maximum absolute atomic E-state index is 2.59. The van der Waals surface area contributed by atoms with Gasteiger partial charge in [-0.2, -0.15) is 0 Å². The number of hydrogen-bond donors (Lipinski definition) is 0. The molecule has 1 aliphatic carbocycles. The number of nitrogens with zero attached hydrogens (tertiary/aromatic N) is 1. The van der Waals surface area contributed by atoms with Gasteiger partial charge in [-0.25, -0.2) is 0 Å². The van der Waals surface area contributed by atoms with Crippen LogP contribution in [0.3, 0.4) is 0 Å². The Balaban J connectivity index is 1.89. The van der Waals surface area contributed by atoms with E-state index in [0.717, 1.165) is 5.92 Å². The van der Waals surface area contributed by atoms with E-state index < -0.39 is 0 Å². The zero-order valence-electron chi connectivity index (χ0n) is 17.0. The minimum Gasteiger partial charge on any atom is -0.306 e. The lowest BCUT2D eigenvalue weighted by Crippen LogP contribution is -2.19. The molecule has 0 bridgehead atoms. The van der Waals surface area contributed by atoms with Crippen LogP contribution in [0.1, 0.15) is 85.5 Å². The van der Waals surface area contributed by atoms with Crippen LogP contribution < -0.4 is 0 Å². The monoisotopic (exact) mass is 331 g/mol. The highest BCUT2D eigenvalue weighted by Gasteiger charge is 2.29. The molecule has 2 unspecified atom stereocenters. The smallest absolute Gasteiger partial charge is 0.00419 e. The second-order valence-electron chi connectivity index (χ2n) is 9.10. The third-order valence-electron chi connectivity index (χ3n) is 6.50. The largest absolute Gasteiger partial charge is 0.306 e. The van der Waals surface area contributed by atoms with Crippen molar-refractivity contribution in [3.63, 3.8) is 0 Å². The molecule has 1 saturated heterocycles. The van der Waals surface area contributed by atoms with Crippen LogP contribution in [-0.4, -0.2) is 25.0 Å². The van der Waals surface area contributed by atoms with Crippen LogP contribution in [0.2, 0.25) is 0 Å². The zero-order valence-corrected chi connectivity index (χ0v) is 17.0. The molecule has 24 heavy (non-hydrogen) atoms. The summed E-state index contributed by atoms with van der Waals surface area (Å²) in [6.07, 6.45) is 17.5. The predicted octanol–water partition coefficient (Wildman–Crippen LogP) is 6.61. The SMILES string of the molecule is CCC1(CC/C(C)=C\C2CCN(C)C2)CCC/C(=C/C(C)C)CC1. The van der Waals surface area contributed by atoms with Gasteiger partial charge in [0, 0.05) is 6.54 Å². The molecule has 0 aromatic heterocycles. The van der Waals surface area contributed by atoms with Crippen molar-refractivity contribution in [1.29, 1.82) is 0 Å². The Morgan fingerprint density at radius 1 is 1.29 bits per heavy atom. The van der Waals surface area contributed by atoms with Gasteiger partial charge in [0.05, 0.1) is 0 Å². The van der Waals surface area contributed by atoms with Gasteiger partial charge in [0.15, 0.2) is 0 Å². The molecule has 0 N–H and O–H groups in total. The Morgan fingerprint density at radius 3 is 2.71 bits per heavy atom. The van der Waals surface area contributed by atoms with Gasteiger partial charge >= 0.3 is 0 Å². The number of allylic oxidation sites excluding steroid dienone is 3. The van der Waals surface area contributed by atoms with E-state index >= 15 is 0 Å². The summed E-state index contributed by atoms with van der Waals surface area (Å²) in [4.78, 5) is 2.47. The van der Waals surface area contributed by atoms with Gasteiger partial charge in [-0.3, -0.25) is 0 Å². The van der Waals surface area contributed by atoms with E-state index in [1.165, 1.54) is 70.9 Å². The molecule has 2 fully saturated rings. The van der Waals surface area contributed by atoms with Crippen LogP contribution in [0.4, 0.5) is 0 Å². The molecular formula is C23H41N. The zero-order chi connectivity index (χ0) is 17.6. The third-order valence-corrected chi connectivity index (χ3v) is 6.50. The van der Waals surface area contributed by atoms with Crippen LogP contribution in [0.25, 0.3) is 0 Å². The van der Waals surface area contributed by atoms with Crippen molar-refractivity contribution in [1.82, 2.24) is 4.90 Å². The van der Waals surface area contributed by atoms with Crippen LogP contribution in [-0.2, 0) is 0 Å². The van der Waals surface area contributed by atoms with Crippen LogP contribution in [0, 0.1) is 17.3 Å². The summed E-state index contributed by atoms with van der Waals surface area (Å²) in [5, 5.41) is 0. The van der Waals surface area contributed by atoms with Gasteiger partial charge in [0.2, 0.25) is 0 Å². The van der Waals surface area contributed by atoms with Crippen molar-refractivity contribution >= 4 is 0 Å². The van der Waals surface area contributed by atoms with E-state index in [1.807, 2.05) is 0 Å². The van der Waals surface area contributed by atoms with E-state index in [-0.39, 0.29) is 0 Å². The normalized spacial score (nSPS) is 31.8. The maximum atomic E-state index is 2.59. The fraction of sp³-hybridized carbons (Fsp3) is 0.826. The van der Waals surface area contributed by atoms with Gasteiger partial charge in [-0.1, -0.05) is 50.5 Å². The number of hydrogen-bond acceptors (Lipinski definition) is 1. The van der Waals surface area contributed by atoms with Gasteiger partial charge in [-0.15, -0.1) is 0 Å². The lowest BCUT2D eigenvalue weighted by Gasteiger charge is -2.32. The Labute approximate surface area is 151 Å². The molecule has 2 atom stereocenters. The van der Waals surface area contributed by atoms with Crippen molar-refractivity contribution < 1.29 is 0 Å². The Morgan fingerprint density at radius 2 is 2.08 bits per heavy atom. The minimum absolute atomic E-state index is 0.605. The van der Waals surface area contributed by atoms with Gasteiger partial charge in [-0.05, 0) is 89.1 Å². The number of rotatable bonds is 6. The molecule has 1 heteroatoms. The van der Waals surface area contributed by atoms with Crippen LogP contribution in [0.5, 0.6) is 0 Å². The van der Waals surface area contributed by atoms with Crippen molar-refractivity contribution in [3.05, 3.63) is 23.3 Å². The molecular weight excluding hydrogens is 290 g/mol. The van der Waals surface area contributed by atoms with Crippen molar-refractivity contribution in [2.24, 2.45) is 17.3 Å². The minimum atomic E-state index is 0.605. The first-order chi connectivity index (χ1) is 11.4. The summed E-state index contributed by atoms with van der Waals surface area (Å²) < 4.78 is 0. The molecule has 1 nitrogen and oxygen atoms in total. The van der Waals surface area contributed by atoms with Crippen LogP contribution >= 0.6 is 0 Å². The summed E-state index contributed by atoms with van der Waals surface area (Å²) in [7, 11) is 2.25. The Kier molecular flexibility index (Phi) is 7.60. The summed E-state index contributed by atoms with van der Waals surface area (Å²) in [6.45, 7) is 12.0. The van der Waals surface area contributed by atoms with Crippen molar-refractivity contribution in [2.75, 3.05) is 20.1 Å². The second-order valence-corrected chi connectivity index (χ2v) is 9.10. The first-order valence-corrected chi connectivity index (χ1v) is 10.5. The topological polar surface area (TPSA) is 3.24 Å². The predicted molar refractivity (Wildman–Crippen MR) is 107 cm³/mol. The Bertz CT molecular complexity index is 445. The van der Waals surface area contributed by atoms with Crippen LogP contribution in [0.15, 0.2) is 23.3 Å². The van der Waals surface area contributed by atoms with E-state index in [1.54, 1.807) is 11.1 Å². The summed E-state index contributed by atoms with van der Waals surface area (Å²) in [6, 6.07) is 0. The summed E-state index contributed by atoms with van der Waals surface area (Å²) in [5.41, 5.74) is 3.99. The first kappa shape index (κ1) is 19.8. The first-order valence-electron chi connectivity index (χ1n) is 10.5. The van der Waals surface area contributed by atoms with Crippen molar-refractivity contribution in [3.8, 4) is 0 Å². The lowest BCUT2D eigenvalue weighted by atomic mass is 9.73. The Hall–Kier alpha value is -0.560. The fourth-order valence-electron chi connectivity index (χ4n) is 4.84. The molecule has 0 spiro atoms. The lowest BCUT2D eigenvalue weighted by molar-refractivity contribution is 0.214. The molecule has 1 aliphatic heterocycles. The van der Waals surface area contributed by atoms with Gasteiger partial charge < -0.3 is 4.90 Å². The molecule has 2 aliphatic rings. The summed E-state index contributed by atoms with van der Waals surface area (Å²) >= 11 is 0. The number of likely N-dealkylation sites (tertiary alicyclic amines) is 1. The van der Waals surface area contributed by atoms with Crippen molar-refractivity contribution in [2.45, 2.75) is 85.5 Å². The second kappa shape index (κ2) is 9.22. The van der Waals surface area contributed by atoms with E-state index in [0.29, 0.717) is 11.3 Å². The molecule has 1 saturated carbocycles. The average Bonchev–Trinajstić information content (AvgIpc) is 2.82. The van der Waals surface area contributed by atoms with E-state index in [4.69, 9.17) is 0 Å². The summed E-state index contributed by atoms with van der Waals surface area (Å²) in [5.74, 6) is 1.52. The third kappa shape index (κ3) is 6.06. The average molecular weight is 332 g/mol. The van der Waals surface area contributed by atoms with E-state index in [2.05, 4.69) is 51.8 Å². The molecule has 0 aromatic carbocycles. The molecule has 0 radical (unpaired) electrons. The highest BCUT2D eigenvalue weighted by Crippen LogP contribution is 2.44. The molecule has 1 heterocycles. The quantitative estimate of drug-likeness (QED) is 0.391. The maximum Gasteiger partial charge on any atom is 0.00419 e. The standard InChI is InChI=1S/C23H41N/c1-6-23(12-7-8-21(10-14-23)16-19(2)3)13-9-20(4)17-22-11-15-24(5)18-22/h16-17,19,22H,6-15,18H2,1-5H3/b20-17-,21-16-. The molecule has 2 rings (SSSR count).